The molecule has 0 aliphatic carbocycles. The van der Waals surface area contributed by atoms with Crippen LogP contribution in [0.3, 0.4) is 0 Å². The first kappa shape index (κ1) is 17.8. The molecule has 1 aromatic carbocycles. The van der Waals surface area contributed by atoms with Crippen molar-refractivity contribution in [2.75, 3.05) is 13.1 Å². The zero-order valence-electron chi connectivity index (χ0n) is 15.6. The van der Waals surface area contributed by atoms with E-state index in [1.807, 2.05) is 54.6 Å². The number of aromatic nitrogens is 4. The molecule has 1 aliphatic heterocycles. The van der Waals surface area contributed by atoms with Crippen LogP contribution in [-0.4, -0.2) is 42.8 Å². The first-order valence-corrected chi connectivity index (χ1v) is 9.43. The number of piperidine rings is 1. The summed E-state index contributed by atoms with van der Waals surface area (Å²) in [5.41, 5.74) is 5.14. The van der Waals surface area contributed by atoms with Gasteiger partial charge in [-0.25, -0.2) is 4.98 Å². The molecule has 1 saturated heterocycles. The highest BCUT2D eigenvalue weighted by Crippen LogP contribution is 2.28. The second-order valence-corrected chi connectivity index (χ2v) is 7.28. The summed E-state index contributed by atoms with van der Waals surface area (Å²) in [6.07, 6.45) is 10.1. The van der Waals surface area contributed by atoms with Gasteiger partial charge in [-0.15, -0.1) is 0 Å². The third-order valence-corrected chi connectivity index (χ3v) is 5.17. The molecule has 6 nitrogen and oxygen atoms in total. The van der Waals surface area contributed by atoms with E-state index in [-0.39, 0.29) is 6.61 Å². The summed E-state index contributed by atoms with van der Waals surface area (Å²) in [6.45, 7) is 3.10. The second kappa shape index (κ2) is 7.98. The molecule has 0 saturated carbocycles. The SMILES string of the molecule is Cn1cc(CN2CCC[C@@H](c3cncc(-c4ccc(CO)cc4)n3)C2)cn1. The highest BCUT2D eigenvalue weighted by Gasteiger charge is 2.23. The molecule has 0 spiro atoms. The van der Waals surface area contributed by atoms with Crippen LogP contribution in [-0.2, 0) is 20.2 Å². The maximum Gasteiger partial charge on any atom is 0.0888 e. The molecule has 3 heterocycles. The summed E-state index contributed by atoms with van der Waals surface area (Å²) in [4.78, 5) is 11.8. The first-order valence-electron chi connectivity index (χ1n) is 9.43. The van der Waals surface area contributed by atoms with Gasteiger partial charge in [0.1, 0.15) is 0 Å². The lowest BCUT2D eigenvalue weighted by atomic mass is 9.94. The van der Waals surface area contributed by atoms with Crippen molar-refractivity contribution in [3.05, 3.63) is 65.9 Å². The maximum atomic E-state index is 9.21. The third kappa shape index (κ3) is 4.23. The van der Waals surface area contributed by atoms with E-state index < -0.39 is 0 Å². The lowest BCUT2D eigenvalue weighted by Crippen LogP contribution is -2.34. The summed E-state index contributed by atoms with van der Waals surface area (Å²) in [7, 11) is 1.96. The molecule has 1 N–H and O–H groups in total. The van der Waals surface area contributed by atoms with Gasteiger partial charge in [-0.05, 0) is 24.9 Å². The number of hydrogen-bond acceptors (Lipinski definition) is 5. The van der Waals surface area contributed by atoms with Crippen LogP contribution in [0.5, 0.6) is 0 Å². The van der Waals surface area contributed by atoms with Crippen molar-refractivity contribution in [3.8, 4) is 11.3 Å². The van der Waals surface area contributed by atoms with Crippen molar-refractivity contribution < 1.29 is 5.11 Å². The third-order valence-electron chi connectivity index (χ3n) is 5.17. The fraction of sp³-hybridized carbons (Fsp3) is 0.381. The number of benzene rings is 1. The molecule has 1 aliphatic rings. The van der Waals surface area contributed by atoms with Crippen LogP contribution in [0.15, 0.2) is 49.1 Å². The molecular formula is C21H25N5O. The lowest BCUT2D eigenvalue weighted by molar-refractivity contribution is 0.198. The topological polar surface area (TPSA) is 67.1 Å². The molecule has 1 atom stereocenters. The quantitative estimate of drug-likeness (QED) is 0.755. The molecule has 0 bridgehead atoms. The van der Waals surface area contributed by atoms with Gasteiger partial charge in [0.2, 0.25) is 0 Å². The van der Waals surface area contributed by atoms with Crippen molar-refractivity contribution in [3.63, 3.8) is 0 Å². The minimum absolute atomic E-state index is 0.0564. The van der Waals surface area contributed by atoms with E-state index in [4.69, 9.17) is 4.98 Å². The maximum absolute atomic E-state index is 9.21. The molecule has 6 heteroatoms. The molecular weight excluding hydrogens is 338 g/mol. The molecule has 4 rings (SSSR count). The first-order chi connectivity index (χ1) is 13.2. The van der Waals surface area contributed by atoms with Gasteiger partial charge in [0.25, 0.3) is 0 Å². The molecule has 2 aromatic heterocycles. The van der Waals surface area contributed by atoms with E-state index in [0.29, 0.717) is 5.92 Å². The van der Waals surface area contributed by atoms with Gasteiger partial charge in [0, 0.05) is 49.6 Å². The Morgan fingerprint density at radius 2 is 1.96 bits per heavy atom. The van der Waals surface area contributed by atoms with Crippen molar-refractivity contribution in [2.24, 2.45) is 7.05 Å². The summed E-state index contributed by atoms with van der Waals surface area (Å²) in [5, 5.41) is 13.5. The average Bonchev–Trinajstić information content (AvgIpc) is 3.13. The van der Waals surface area contributed by atoms with Crippen LogP contribution in [0.1, 0.15) is 35.6 Å². The Hall–Kier alpha value is -2.57. The van der Waals surface area contributed by atoms with E-state index in [1.165, 1.54) is 12.0 Å². The minimum atomic E-state index is 0.0564. The molecule has 140 valence electrons. The highest BCUT2D eigenvalue weighted by molar-refractivity contribution is 5.58. The van der Waals surface area contributed by atoms with Crippen LogP contribution in [0.4, 0.5) is 0 Å². The number of likely N-dealkylation sites (tertiary alicyclic amines) is 1. The van der Waals surface area contributed by atoms with Crippen molar-refractivity contribution in [2.45, 2.75) is 31.9 Å². The largest absolute Gasteiger partial charge is 0.392 e. The summed E-state index contributed by atoms with van der Waals surface area (Å²) in [6, 6.07) is 7.85. The fourth-order valence-corrected chi connectivity index (χ4v) is 3.75. The van der Waals surface area contributed by atoms with Crippen LogP contribution in [0.25, 0.3) is 11.3 Å². The van der Waals surface area contributed by atoms with E-state index in [1.54, 1.807) is 0 Å². The Morgan fingerprint density at radius 3 is 2.70 bits per heavy atom. The van der Waals surface area contributed by atoms with Gasteiger partial charge < -0.3 is 5.11 Å². The van der Waals surface area contributed by atoms with E-state index in [0.717, 1.165) is 48.6 Å². The number of aryl methyl sites for hydroxylation is 1. The van der Waals surface area contributed by atoms with Crippen molar-refractivity contribution >= 4 is 0 Å². The standard InChI is InChI=1S/C21H25N5O/c1-25-12-17(9-23-25)13-26-8-2-3-19(14-26)21-11-22-10-20(24-21)18-6-4-16(15-27)5-7-18/h4-7,9-12,19,27H,2-3,8,13-15H2,1H3/t19-/m1/s1. The van der Waals surface area contributed by atoms with Crippen LogP contribution in [0.2, 0.25) is 0 Å². The molecule has 0 amide bonds. The molecule has 1 fully saturated rings. The van der Waals surface area contributed by atoms with Gasteiger partial charge in [0.05, 0.1) is 30.4 Å². The second-order valence-electron chi connectivity index (χ2n) is 7.28. The Kier molecular flexibility index (Phi) is 5.27. The Balaban J connectivity index is 1.48. The van der Waals surface area contributed by atoms with Gasteiger partial charge in [-0.2, -0.15) is 5.10 Å². The number of nitrogens with zero attached hydrogens (tertiary/aromatic N) is 5. The minimum Gasteiger partial charge on any atom is -0.392 e. The average molecular weight is 363 g/mol. The molecule has 3 aromatic rings. The molecule has 0 radical (unpaired) electrons. The normalized spacial score (nSPS) is 17.9. The Labute approximate surface area is 159 Å². The highest BCUT2D eigenvalue weighted by atomic mass is 16.3. The van der Waals surface area contributed by atoms with Gasteiger partial charge in [-0.1, -0.05) is 24.3 Å². The van der Waals surface area contributed by atoms with E-state index >= 15 is 0 Å². The number of aliphatic hydroxyl groups is 1. The Morgan fingerprint density at radius 1 is 1.11 bits per heavy atom. The van der Waals surface area contributed by atoms with Crippen molar-refractivity contribution in [1.29, 1.82) is 0 Å². The zero-order chi connectivity index (χ0) is 18.6. The van der Waals surface area contributed by atoms with Gasteiger partial charge >= 0.3 is 0 Å². The fourth-order valence-electron chi connectivity index (χ4n) is 3.75. The summed E-state index contributed by atoms with van der Waals surface area (Å²) in [5.74, 6) is 0.402. The van der Waals surface area contributed by atoms with Crippen LogP contribution in [0, 0.1) is 0 Å². The Bertz CT molecular complexity index is 890. The van der Waals surface area contributed by atoms with Gasteiger partial charge in [0.15, 0.2) is 0 Å². The van der Waals surface area contributed by atoms with Crippen LogP contribution < -0.4 is 0 Å². The predicted molar refractivity (Wildman–Crippen MR) is 104 cm³/mol. The smallest absolute Gasteiger partial charge is 0.0888 e. The number of hydrogen-bond donors (Lipinski definition) is 1. The van der Waals surface area contributed by atoms with Gasteiger partial charge in [-0.3, -0.25) is 14.6 Å². The number of rotatable bonds is 5. The summed E-state index contributed by atoms with van der Waals surface area (Å²) < 4.78 is 1.85. The van der Waals surface area contributed by atoms with Crippen LogP contribution >= 0.6 is 0 Å². The monoisotopic (exact) mass is 363 g/mol. The lowest BCUT2D eigenvalue weighted by Gasteiger charge is -2.32. The van der Waals surface area contributed by atoms with Crippen molar-refractivity contribution in [1.82, 2.24) is 24.6 Å². The predicted octanol–water partition coefficient (Wildman–Crippen LogP) is 2.75. The van der Waals surface area contributed by atoms with E-state index in [2.05, 4.69) is 21.2 Å². The molecule has 0 unspecified atom stereocenters. The summed E-state index contributed by atoms with van der Waals surface area (Å²) >= 11 is 0. The van der Waals surface area contributed by atoms with E-state index in [9.17, 15) is 5.11 Å². The number of aliphatic hydroxyl groups excluding tert-OH is 1. The zero-order valence-corrected chi connectivity index (χ0v) is 15.6. The molecule has 27 heavy (non-hydrogen) atoms.